The molecule has 0 spiro atoms. The van der Waals surface area contributed by atoms with E-state index in [1.807, 2.05) is 13.8 Å². The van der Waals surface area contributed by atoms with Gasteiger partial charge in [-0.1, -0.05) is 51.1 Å². The molecule has 0 amide bonds. The molecule has 114 valence electrons. The molecule has 1 nitrogen and oxygen atoms in total. The Morgan fingerprint density at radius 3 is 2.67 bits per heavy atom. The minimum absolute atomic E-state index is 0.0903. The lowest BCUT2D eigenvalue weighted by molar-refractivity contribution is 0.0251. The average molecular weight is 284 g/mol. The minimum Gasteiger partial charge on any atom is -0.393 e. The molecule has 1 fully saturated rings. The predicted octanol–water partition coefficient (Wildman–Crippen LogP) is 4.84. The highest BCUT2D eigenvalue weighted by atomic mass is 16.3. The minimum atomic E-state index is -0.0903. The van der Waals surface area contributed by atoms with Crippen molar-refractivity contribution < 1.29 is 5.11 Å². The number of hydrogen-bond acceptors (Lipinski definition) is 1. The molecule has 3 aliphatic rings. The van der Waals surface area contributed by atoms with Crippen LogP contribution < -0.4 is 0 Å². The summed E-state index contributed by atoms with van der Waals surface area (Å²) >= 11 is 0. The number of aryl methyl sites for hydroxylation is 1. The van der Waals surface area contributed by atoms with Gasteiger partial charge in [-0.25, -0.2) is 0 Å². The number of benzene rings is 1. The van der Waals surface area contributed by atoms with E-state index >= 15 is 0 Å². The second kappa shape index (κ2) is 5.61. The van der Waals surface area contributed by atoms with Crippen LogP contribution in [0.2, 0.25) is 0 Å². The maximum atomic E-state index is 10.3. The largest absolute Gasteiger partial charge is 0.393 e. The van der Waals surface area contributed by atoms with E-state index in [2.05, 4.69) is 37.3 Å². The second-order valence-corrected chi connectivity index (χ2v) is 6.87. The smallest absolute Gasteiger partial charge is 0.0599 e. The fourth-order valence-corrected chi connectivity index (χ4v) is 4.89. The highest BCUT2D eigenvalue weighted by molar-refractivity contribution is 5.73. The summed E-state index contributed by atoms with van der Waals surface area (Å²) in [5.74, 6) is 1.38. The SMILES string of the molecule is CC.C[C@]12CC=C3c4ccccc4CCC3[C@@H]1CCC2O. The van der Waals surface area contributed by atoms with Gasteiger partial charge in [-0.3, -0.25) is 0 Å². The van der Waals surface area contributed by atoms with Gasteiger partial charge in [-0.2, -0.15) is 0 Å². The average Bonchev–Trinajstić information content (AvgIpc) is 2.85. The van der Waals surface area contributed by atoms with E-state index in [-0.39, 0.29) is 11.5 Å². The number of allylic oxidation sites excluding steroid dienone is 2. The lowest BCUT2D eigenvalue weighted by atomic mass is 9.60. The van der Waals surface area contributed by atoms with Crippen LogP contribution in [0.4, 0.5) is 0 Å². The zero-order valence-electron chi connectivity index (χ0n) is 13.6. The van der Waals surface area contributed by atoms with Crippen LogP contribution >= 0.6 is 0 Å². The number of hydrogen-bond donors (Lipinski definition) is 1. The van der Waals surface area contributed by atoms with Gasteiger partial charge in [0.15, 0.2) is 0 Å². The molecule has 4 atom stereocenters. The van der Waals surface area contributed by atoms with Crippen LogP contribution in [0.3, 0.4) is 0 Å². The Hall–Kier alpha value is -1.08. The van der Waals surface area contributed by atoms with Crippen LogP contribution in [0.5, 0.6) is 0 Å². The van der Waals surface area contributed by atoms with Gasteiger partial charge in [0.05, 0.1) is 6.10 Å². The van der Waals surface area contributed by atoms with Crippen LogP contribution in [-0.4, -0.2) is 11.2 Å². The first-order valence-corrected chi connectivity index (χ1v) is 8.66. The van der Waals surface area contributed by atoms with Crippen LogP contribution in [0.15, 0.2) is 30.3 Å². The summed E-state index contributed by atoms with van der Waals surface area (Å²) in [7, 11) is 0. The third-order valence-corrected chi connectivity index (χ3v) is 6.06. The number of rotatable bonds is 0. The number of fused-ring (bicyclic) bond motifs is 5. The van der Waals surface area contributed by atoms with E-state index in [1.165, 1.54) is 30.4 Å². The fourth-order valence-electron chi connectivity index (χ4n) is 4.89. The van der Waals surface area contributed by atoms with Gasteiger partial charge in [0.2, 0.25) is 0 Å². The summed E-state index contributed by atoms with van der Waals surface area (Å²) in [5.41, 5.74) is 4.73. The van der Waals surface area contributed by atoms with Gasteiger partial charge in [-0.05, 0) is 60.6 Å². The Balaban J connectivity index is 0.000000636. The van der Waals surface area contributed by atoms with Crippen molar-refractivity contribution in [3.8, 4) is 0 Å². The standard InChI is InChI=1S/C18H22O.C2H6/c1-18-11-10-14-13-5-3-2-4-12(13)6-7-15(14)16(18)8-9-17(18)19;1-2/h2-5,10,15-17,19H,6-9,11H2,1H3;1-2H3/t15?,16-,17?,18-;/m0./s1. The molecule has 3 aliphatic carbocycles. The Kier molecular flexibility index (Phi) is 3.96. The fraction of sp³-hybridized carbons (Fsp3) is 0.600. The van der Waals surface area contributed by atoms with E-state index in [0.717, 1.165) is 12.8 Å². The molecule has 4 rings (SSSR count). The van der Waals surface area contributed by atoms with Gasteiger partial charge in [0.25, 0.3) is 0 Å². The van der Waals surface area contributed by atoms with Crippen LogP contribution in [0.1, 0.15) is 57.6 Å². The van der Waals surface area contributed by atoms with Crippen molar-refractivity contribution in [2.24, 2.45) is 17.3 Å². The number of aliphatic hydroxyl groups is 1. The summed E-state index contributed by atoms with van der Waals surface area (Å²) in [6, 6.07) is 8.90. The van der Waals surface area contributed by atoms with Crippen molar-refractivity contribution in [2.45, 2.75) is 59.0 Å². The Labute approximate surface area is 129 Å². The molecule has 0 radical (unpaired) electrons. The third kappa shape index (κ3) is 2.17. The van der Waals surface area contributed by atoms with Gasteiger partial charge in [0.1, 0.15) is 0 Å². The molecular formula is C20H28O. The monoisotopic (exact) mass is 284 g/mol. The van der Waals surface area contributed by atoms with E-state index in [0.29, 0.717) is 11.8 Å². The molecule has 0 aromatic heterocycles. The molecule has 0 heterocycles. The zero-order chi connectivity index (χ0) is 15.0. The van der Waals surface area contributed by atoms with Gasteiger partial charge >= 0.3 is 0 Å². The van der Waals surface area contributed by atoms with E-state index in [1.54, 1.807) is 5.57 Å². The highest BCUT2D eigenvalue weighted by Gasteiger charge is 2.51. The molecule has 1 aromatic rings. The van der Waals surface area contributed by atoms with E-state index in [9.17, 15) is 5.11 Å². The van der Waals surface area contributed by atoms with Gasteiger partial charge < -0.3 is 5.11 Å². The lowest BCUT2D eigenvalue weighted by Gasteiger charge is -2.45. The summed E-state index contributed by atoms with van der Waals surface area (Å²) in [6.45, 7) is 6.31. The van der Waals surface area contributed by atoms with Crippen LogP contribution in [0, 0.1) is 17.3 Å². The van der Waals surface area contributed by atoms with Gasteiger partial charge in [-0.15, -0.1) is 0 Å². The first-order chi connectivity index (χ1) is 10.2. The van der Waals surface area contributed by atoms with Crippen molar-refractivity contribution >= 4 is 5.57 Å². The maximum Gasteiger partial charge on any atom is 0.0599 e. The molecular weight excluding hydrogens is 256 g/mol. The molecule has 0 aliphatic heterocycles. The molecule has 0 bridgehead atoms. The Bertz CT molecular complexity index is 545. The van der Waals surface area contributed by atoms with Crippen molar-refractivity contribution in [3.63, 3.8) is 0 Å². The number of aliphatic hydroxyl groups excluding tert-OH is 1. The Morgan fingerprint density at radius 1 is 1.10 bits per heavy atom. The predicted molar refractivity (Wildman–Crippen MR) is 89.0 cm³/mol. The van der Waals surface area contributed by atoms with E-state index < -0.39 is 0 Å². The zero-order valence-corrected chi connectivity index (χ0v) is 13.6. The first kappa shape index (κ1) is 14.8. The van der Waals surface area contributed by atoms with Crippen LogP contribution in [0.25, 0.3) is 5.57 Å². The van der Waals surface area contributed by atoms with E-state index in [4.69, 9.17) is 0 Å². The summed E-state index contributed by atoms with van der Waals surface area (Å²) in [4.78, 5) is 0. The lowest BCUT2D eigenvalue weighted by Crippen LogP contribution is -2.39. The summed E-state index contributed by atoms with van der Waals surface area (Å²) in [6.07, 6.45) is 8.10. The third-order valence-electron chi connectivity index (χ3n) is 6.06. The van der Waals surface area contributed by atoms with Crippen molar-refractivity contribution in [1.29, 1.82) is 0 Å². The maximum absolute atomic E-state index is 10.3. The highest BCUT2D eigenvalue weighted by Crippen LogP contribution is 2.58. The van der Waals surface area contributed by atoms with Crippen LogP contribution in [-0.2, 0) is 6.42 Å². The van der Waals surface area contributed by atoms with Crippen molar-refractivity contribution in [3.05, 3.63) is 41.5 Å². The normalized spacial score (nSPS) is 36.6. The molecule has 1 heteroatoms. The second-order valence-electron chi connectivity index (χ2n) is 6.87. The molecule has 21 heavy (non-hydrogen) atoms. The van der Waals surface area contributed by atoms with Gasteiger partial charge in [0, 0.05) is 5.41 Å². The quantitative estimate of drug-likeness (QED) is 0.723. The van der Waals surface area contributed by atoms with Crippen molar-refractivity contribution in [2.75, 3.05) is 0 Å². The molecule has 2 unspecified atom stereocenters. The Morgan fingerprint density at radius 2 is 1.86 bits per heavy atom. The molecule has 1 aromatic carbocycles. The molecule has 1 N–H and O–H groups in total. The molecule has 1 saturated carbocycles. The first-order valence-electron chi connectivity index (χ1n) is 8.66. The van der Waals surface area contributed by atoms with Crippen molar-refractivity contribution in [1.82, 2.24) is 0 Å². The summed E-state index contributed by atoms with van der Waals surface area (Å²) < 4.78 is 0. The molecule has 0 saturated heterocycles. The summed E-state index contributed by atoms with van der Waals surface area (Å²) in [5, 5.41) is 10.3. The topological polar surface area (TPSA) is 20.2 Å².